The van der Waals surface area contributed by atoms with E-state index in [1.165, 1.54) is 0 Å². The van der Waals surface area contributed by atoms with Gasteiger partial charge in [0.05, 0.1) is 13.2 Å². The van der Waals surface area contributed by atoms with Crippen LogP contribution in [0.25, 0.3) is 0 Å². The minimum atomic E-state index is 0.683. The summed E-state index contributed by atoms with van der Waals surface area (Å²) in [6, 6.07) is 14.1. The van der Waals surface area contributed by atoms with E-state index in [2.05, 4.69) is 34.2 Å². The smallest absolute Gasteiger partial charge is 0.124 e. The van der Waals surface area contributed by atoms with Crippen molar-refractivity contribution in [1.82, 2.24) is 0 Å². The largest absolute Gasteiger partial charge is 0.494 e. The Hall–Kier alpha value is -1.68. The fourth-order valence-corrected chi connectivity index (χ4v) is 2.48. The van der Waals surface area contributed by atoms with Crippen LogP contribution in [-0.2, 0) is 6.54 Å². The van der Waals surface area contributed by atoms with Crippen LogP contribution < -0.4 is 14.8 Å². The summed E-state index contributed by atoms with van der Waals surface area (Å²) in [6.07, 6.45) is 1.00. The summed E-state index contributed by atoms with van der Waals surface area (Å²) in [6.45, 7) is 6.22. The third-order valence-corrected chi connectivity index (χ3v) is 3.63. The van der Waals surface area contributed by atoms with Gasteiger partial charge in [0, 0.05) is 22.3 Å². The van der Waals surface area contributed by atoms with Crippen LogP contribution in [0, 0.1) is 0 Å². The number of halogens is 1. The highest BCUT2D eigenvalue weighted by molar-refractivity contribution is 9.10. The van der Waals surface area contributed by atoms with E-state index in [1.807, 2.05) is 43.3 Å². The molecule has 3 nitrogen and oxygen atoms in total. The Kier molecular flexibility index (Phi) is 6.59. The molecule has 1 N–H and O–H groups in total. The minimum Gasteiger partial charge on any atom is -0.494 e. The lowest BCUT2D eigenvalue weighted by Crippen LogP contribution is -2.04. The normalized spacial score (nSPS) is 10.3. The average Bonchev–Trinajstić information content (AvgIpc) is 2.53. The zero-order valence-electron chi connectivity index (χ0n) is 13.1. The van der Waals surface area contributed by atoms with Crippen molar-refractivity contribution in [3.05, 3.63) is 52.5 Å². The van der Waals surface area contributed by atoms with E-state index < -0.39 is 0 Å². The van der Waals surface area contributed by atoms with Crippen LogP contribution >= 0.6 is 15.9 Å². The molecule has 0 saturated carbocycles. The minimum absolute atomic E-state index is 0.683. The van der Waals surface area contributed by atoms with Gasteiger partial charge in [0.1, 0.15) is 11.5 Å². The second-order valence-electron chi connectivity index (χ2n) is 4.91. The molecule has 0 atom stereocenters. The monoisotopic (exact) mass is 363 g/mol. The highest BCUT2D eigenvalue weighted by atomic mass is 79.9. The van der Waals surface area contributed by atoms with Crippen LogP contribution in [0.5, 0.6) is 11.5 Å². The molecule has 0 unspecified atom stereocenters. The van der Waals surface area contributed by atoms with Crippen molar-refractivity contribution in [2.45, 2.75) is 26.8 Å². The number of benzene rings is 2. The lowest BCUT2D eigenvalue weighted by molar-refractivity contribution is 0.314. The standard InChI is InChI=1S/C18H22BrNO2/c1-3-11-22-18-10-5-15(19)12-14(18)13-20-16-6-8-17(9-7-16)21-4-2/h5-10,12,20H,3-4,11,13H2,1-2H3. The van der Waals surface area contributed by atoms with Crippen molar-refractivity contribution < 1.29 is 9.47 Å². The molecule has 0 aromatic heterocycles. The van der Waals surface area contributed by atoms with Gasteiger partial charge in [0.15, 0.2) is 0 Å². The molecule has 4 heteroatoms. The quantitative estimate of drug-likeness (QED) is 0.694. The first kappa shape index (κ1) is 16.7. The molecule has 0 fully saturated rings. The molecule has 0 aliphatic rings. The molecular weight excluding hydrogens is 342 g/mol. The van der Waals surface area contributed by atoms with Crippen LogP contribution in [-0.4, -0.2) is 13.2 Å². The molecule has 118 valence electrons. The number of hydrogen-bond acceptors (Lipinski definition) is 3. The van der Waals surface area contributed by atoms with Crippen LogP contribution in [0.15, 0.2) is 46.9 Å². The summed E-state index contributed by atoms with van der Waals surface area (Å²) >= 11 is 3.52. The van der Waals surface area contributed by atoms with E-state index in [4.69, 9.17) is 9.47 Å². The van der Waals surface area contributed by atoms with Crippen molar-refractivity contribution in [3.63, 3.8) is 0 Å². The molecule has 0 spiro atoms. The van der Waals surface area contributed by atoms with Gasteiger partial charge in [-0.05, 0) is 55.8 Å². The third kappa shape index (κ3) is 4.95. The highest BCUT2D eigenvalue weighted by Crippen LogP contribution is 2.25. The Labute approximate surface area is 140 Å². The topological polar surface area (TPSA) is 30.5 Å². The summed E-state index contributed by atoms with van der Waals surface area (Å²) in [7, 11) is 0. The van der Waals surface area contributed by atoms with Crippen molar-refractivity contribution in [2.24, 2.45) is 0 Å². The lowest BCUT2D eigenvalue weighted by atomic mass is 10.2. The number of ether oxygens (including phenoxy) is 2. The summed E-state index contributed by atoms with van der Waals surface area (Å²) in [5, 5.41) is 3.42. The summed E-state index contributed by atoms with van der Waals surface area (Å²) in [4.78, 5) is 0. The highest BCUT2D eigenvalue weighted by Gasteiger charge is 2.05. The maximum absolute atomic E-state index is 5.80. The van der Waals surface area contributed by atoms with E-state index in [9.17, 15) is 0 Å². The Morgan fingerprint density at radius 2 is 1.77 bits per heavy atom. The molecule has 2 aromatic rings. The van der Waals surface area contributed by atoms with E-state index in [1.54, 1.807) is 0 Å². The lowest BCUT2D eigenvalue weighted by Gasteiger charge is -2.13. The average molecular weight is 364 g/mol. The Bertz CT molecular complexity index is 584. The molecule has 22 heavy (non-hydrogen) atoms. The Balaban J connectivity index is 2.02. The van der Waals surface area contributed by atoms with Crippen molar-refractivity contribution >= 4 is 21.6 Å². The van der Waals surface area contributed by atoms with Gasteiger partial charge in [-0.15, -0.1) is 0 Å². The van der Waals surface area contributed by atoms with Gasteiger partial charge in [0.2, 0.25) is 0 Å². The van der Waals surface area contributed by atoms with Gasteiger partial charge in [-0.1, -0.05) is 22.9 Å². The second-order valence-corrected chi connectivity index (χ2v) is 5.83. The first-order chi connectivity index (χ1) is 10.7. The first-order valence-electron chi connectivity index (χ1n) is 7.61. The molecule has 0 saturated heterocycles. The molecule has 0 aliphatic carbocycles. The van der Waals surface area contributed by atoms with Gasteiger partial charge in [-0.2, -0.15) is 0 Å². The molecular formula is C18H22BrNO2. The number of rotatable bonds is 8. The van der Waals surface area contributed by atoms with Crippen molar-refractivity contribution in [1.29, 1.82) is 0 Å². The SMILES string of the molecule is CCCOc1ccc(Br)cc1CNc1ccc(OCC)cc1. The number of hydrogen-bond donors (Lipinski definition) is 1. The van der Waals surface area contributed by atoms with Gasteiger partial charge in [-0.25, -0.2) is 0 Å². The van der Waals surface area contributed by atoms with Crippen LogP contribution in [0.2, 0.25) is 0 Å². The summed E-state index contributed by atoms with van der Waals surface area (Å²) < 4.78 is 12.3. The van der Waals surface area contributed by atoms with Crippen LogP contribution in [0.1, 0.15) is 25.8 Å². The second kappa shape index (κ2) is 8.69. The molecule has 0 bridgehead atoms. The maximum Gasteiger partial charge on any atom is 0.124 e. The molecule has 2 rings (SSSR count). The zero-order valence-corrected chi connectivity index (χ0v) is 14.7. The summed E-state index contributed by atoms with van der Waals surface area (Å²) in [5.74, 6) is 1.82. The van der Waals surface area contributed by atoms with Crippen LogP contribution in [0.4, 0.5) is 5.69 Å². The Morgan fingerprint density at radius 1 is 1.00 bits per heavy atom. The van der Waals surface area contributed by atoms with E-state index >= 15 is 0 Å². The fraction of sp³-hybridized carbons (Fsp3) is 0.333. The van der Waals surface area contributed by atoms with E-state index in [0.717, 1.165) is 40.3 Å². The van der Waals surface area contributed by atoms with E-state index in [0.29, 0.717) is 13.2 Å². The van der Waals surface area contributed by atoms with Crippen molar-refractivity contribution in [3.8, 4) is 11.5 Å². The first-order valence-corrected chi connectivity index (χ1v) is 8.40. The Morgan fingerprint density at radius 3 is 2.45 bits per heavy atom. The molecule has 2 aromatic carbocycles. The van der Waals surface area contributed by atoms with Gasteiger partial charge in [0.25, 0.3) is 0 Å². The molecule has 0 radical (unpaired) electrons. The fourth-order valence-electron chi connectivity index (χ4n) is 2.07. The van der Waals surface area contributed by atoms with Crippen LogP contribution in [0.3, 0.4) is 0 Å². The maximum atomic E-state index is 5.80. The van der Waals surface area contributed by atoms with Crippen molar-refractivity contribution in [2.75, 3.05) is 18.5 Å². The zero-order chi connectivity index (χ0) is 15.8. The third-order valence-electron chi connectivity index (χ3n) is 3.13. The summed E-state index contributed by atoms with van der Waals surface area (Å²) in [5.41, 5.74) is 2.20. The molecule has 0 heterocycles. The predicted molar refractivity (Wildman–Crippen MR) is 94.9 cm³/mol. The van der Waals surface area contributed by atoms with Gasteiger partial charge < -0.3 is 14.8 Å². The molecule has 0 amide bonds. The molecule has 0 aliphatic heterocycles. The number of nitrogens with one attached hydrogen (secondary N) is 1. The van der Waals surface area contributed by atoms with Gasteiger partial charge in [-0.3, -0.25) is 0 Å². The van der Waals surface area contributed by atoms with Gasteiger partial charge >= 0.3 is 0 Å². The number of anilines is 1. The van der Waals surface area contributed by atoms with E-state index in [-0.39, 0.29) is 0 Å². The predicted octanol–water partition coefficient (Wildman–Crippen LogP) is 5.25.